The topological polar surface area (TPSA) is 95.7 Å². The molecule has 0 fully saturated rings. The fourth-order valence-electron chi connectivity index (χ4n) is 3.13. The molecule has 2 heterocycles. The lowest BCUT2D eigenvalue weighted by Crippen LogP contribution is -2.28. The van der Waals surface area contributed by atoms with Gasteiger partial charge in [-0.05, 0) is 35.9 Å². The summed E-state index contributed by atoms with van der Waals surface area (Å²) in [6, 6.07) is 17.9. The molecule has 31 heavy (non-hydrogen) atoms. The van der Waals surface area contributed by atoms with Crippen LogP contribution < -0.4 is 10.6 Å². The lowest BCUT2D eigenvalue weighted by molar-refractivity contribution is 0.0915. The van der Waals surface area contributed by atoms with E-state index in [1.807, 2.05) is 6.07 Å². The number of rotatable bonds is 6. The van der Waals surface area contributed by atoms with Gasteiger partial charge in [0.05, 0.1) is 18.0 Å². The quantitative estimate of drug-likeness (QED) is 0.448. The molecule has 3 N–H and O–H groups in total. The molecule has 0 aliphatic heterocycles. The van der Waals surface area contributed by atoms with Crippen molar-refractivity contribution in [3.05, 3.63) is 102 Å². The molecule has 0 bridgehead atoms. The lowest BCUT2D eigenvalue weighted by Gasteiger charge is -2.13. The van der Waals surface area contributed by atoms with Crippen molar-refractivity contribution in [3.63, 3.8) is 0 Å². The first-order valence-corrected chi connectivity index (χ1v) is 9.57. The van der Waals surface area contributed by atoms with Gasteiger partial charge in [-0.15, -0.1) is 0 Å². The average Bonchev–Trinajstić information content (AvgIpc) is 3.23. The van der Waals surface area contributed by atoms with E-state index in [2.05, 4.69) is 15.6 Å². The zero-order valence-corrected chi connectivity index (χ0v) is 16.3. The van der Waals surface area contributed by atoms with E-state index in [1.165, 1.54) is 18.3 Å². The normalized spacial score (nSPS) is 11.8. The molecule has 0 radical (unpaired) electrons. The molecule has 0 saturated heterocycles. The molecule has 4 rings (SSSR count). The number of anilines is 1. The molecule has 4 aromatic rings. The monoisotopic (exact) mass is 418 g/mol. The Labute approximate surface area is 177 Å². The molecule has 0 spiro atoms. The number of nitrogens with zero attached hydrogens (tertiary/aromatic N) is 2. The number of hydrogen-bond acceptors (Lipinski definition) is 4. The summed E-state index contributed by atoms with van der Waals surface area (Å²) in [5.74, 6) is -1.74. The van der Waals surface area contributed by atoms with E-state index in [9.17, 15) is 19.1 Å². The van der Waals surface area contributed by atoms with Gasteiger partial charge in [-0.25, -0.2) is 9.37 Å². The van der Waals surface area contributed by atoms with Gasteiger partial charge in [-0.2, -0.15) is 0 Å². The molecule has 7 nitrogen and oxygen atoms in total. The summed E-state index contributed by atoms with van der Waals surface area (Å²) in [5, 5.41) is 15.3. The molecular weight excluding hydrogens is 399 g/mol. The molecule has 0 aliphatic rings. The summed E-state index contributed by atoms with van der Waals surface area (Å²) >= 11 is 0. The predicted octanol–water partition coefficient (Wildman–Crippen LogP) is 3.19. The molecule has 2 amide bonds. The Morgan fingerprint density at radius 1 is 1.03 bits per heavy atom. The fraction of sp³-hybridized carbons (Fsp3) is 0.0870. The molecule has 2 aromatic heterocycles. The van der Waals surface area contributed by atoms with Crippen molar-refractivity contribution in [2.24, 2.45) is 0 Å². The van der Waals surface area contributed by atoms with E-state index < -0.39 is 23.7 Å². The van der Waals surface area contributed by atoms with Crippen molar-refractivity contribution in [1.29, 1.82) is 0 Å². The first-order chi connectivity index (χ1) is 15.0. The molecule has 1 atom stereocenters. The third-order valence-corrected chi connectivity index (χ3v) is 4.77. The summed E-state index contributed by atoms with van der Waals surface area (Å²) in [5.41, 5.74) is 1.50. The van der Waals surface area contributed by atoms with Gasteiger partial charge in [0.1, 0.15) is 17.2 Å². The number of imidazole rings is 1. The molecule has 8 heteroatoms. The van der Waals surface area contributed by atoms with Crippen LogP contribution in [0, 0.1) is 5.82 Å². The molecule has 0 aliphatic carbocycles. The van der Waals surface area contributed by atoms with Crippen LogP contribution in [0.4, 0.5) is 10.1 Å². The molecule has 0 saturated carbocycles. The van der Waals surface area contributed by atoms with Gasteiger partial charge in [0.2, 0.25) is 0 Å². The summed E-state index contributed by atoms with van der Waals surface area (Å²) < 4.78 is 15.9. The van der Waals surface area contributed by atoms with E-state index in [-0.39, 0.29) is 23.5 Å². The highest BCUT2D eigenvalue weighted by molar-refractivity contribution is 6.04. The van der Waals surface area contributed by atoms with Crippen LogP contribution >= 0.6 is 0 Å². The summed E-state index contributed by atoms with van der Waals surface area (Å²) in [6.45, 7) is -0.0102. The number of aliphatic hydroxyl groups excluding tert-OH is 1. The number of hydrogen-bond donors (Lipinski definition) is 3. The summed E-state index contributed by atoms with van der Waals surface area (Å²) in [6.07, 6.45) is 2.19. The first-order valence-electron chi connectivity index (χ1n) is 9.57. The number of fused-ring (bicyclic) bond motifs is 1. The number of nitrogens with one attached hydrogen (secondary N) is 2. The smallest absolute Gasteiger partial charge is 0.274 e. The molecule has 2 aromatic carbocycles. The van der Waals surface area contributed by atoms with Crippen LogP contribution in [-0.2, 0) is 0 Å². The minimum atomic E-state index is -0.875. The second kappa shape index (κ2) is 8.76. The van der Waals surface area contributed by atoms with E-state index in [4.69, 9.17) is 0 Å². The minimum absolute atomic E-state index is 0.0102. The highest BCUT2D eigenvalue weighted by Gasteiger charge is 2.16. The average molecular weight is 418 g/mol. The third kappa shape index (κ3) is 4.44. The highest BCUT2D eigenvalue weighted by Crippen LogP contribution is 2.18. The number of aliphatic hydroxyl groups is 1. The number of carbonyl (C=O) groups is 2. The number of amides is 2. The molecule has 1 unspecified atom stereocenters. The number of carbonyl (C=O) groups excluding carboxylic acids is 2. The Morgan fingerprint density at radius 2 is 1.81 bits per heavy atom. The van der Waals surface area contributed by atoms with Gasteiger partial charge in [-0.3, -0.25) is 14.0 Å². The maximum Gasteiger partial charge on any atom is 0.274 e. The van der Waals surface area contributed by atoms with Crippen molar-refractivity contribution in [3.8, 4) is 0 Å². The number of pyridine rings is 1. The van der Waals surface area contributed by atoms with Gasteiger partial charge in [0, 0.05) is 18.3 Å². The SMILES string of the molecule is O=C(NCC(O)c1ccccc1)c1ccc(F)c(NC(=O)c2cnc3ccccn23)c1. The summed E-state index contributed by atoms with van der Waals surface area (Å²) in [4.78, 5) is 29.2. The van der Waals surface area contributed by atoms with Crippen molar-refractivity contribution < 1.29 is 19.1 Å². The number of benzene rings is 2. The van der Waals surface area contributed by atoms with Crippen molar-refractivity contribution in [1.82, 2.24) is 14.7 Å². The van der Waals surface area contributed by atoms with E-state index >= 15 is 0 Å². The van der Waals surface area contributed by atoms with Crippen LogP contribution in [0.25, 0.3) is 5.65 Å². The van der Waals surface area contributed by atoms with Gasteiger partial charge >= 0.3 is 0 Å². The first kappa shape index (κ1) is 20.2. The predicted molar refractivity (Wildman–Crippen MR) is 113 cm³/mol. The summed E-state index contributed by atoms with van der Waals surface area (Å²) in [7, 11) is 0. The number of aromatic nitrogens is 2. The third-order valence-electron chi connectivity index (χ3n) is 4.77. The van der Waals surface area contributed by atoms with Crippen LogP contribution in [-0.4, -0.2) is 32.9 Å². The lowest BCUT2D eigenvalue weighted by atomic mass is 10.1. The fourth-order valence-corrected chi connectivity index (χ4v) is 3.13. The van der Waals surface area contributed by atoms with Gasteiger partial charge in [0.25, 0.3) is 11.8 Å². The van der Waals surface area contributed by atoms with Gasteiger partial charge in [0.15, 0.2) is 0 Å². The highest BCUT2D eigenvalue weighted by atomic mass is 19.1. The zero-order chi connectivity index (χ0) is 21.8. The zero-order valence-electron chi connectivity index (χ0n) is 16.3. The maximum atomic E-state index is 14.3. The number of halogens is 1. The van der Waals surface area contributed by atoms with Crippen LogP contribution in [0.15, 0.2) is 79.1 Å². The standard InChI is InChI=1S/C23H19FN4O3/c24-17-10-9-16(22(30)26-14-20(29)15-6-2-1-3-7-15)12-18(17)27-23(31)19-13-25-21-8-4-5-11-28(19)21/h1-13,20,29H,14H2,(H,26,30)(H,27,31). The van der Waals surface area contributed by atoms with Crippen LogP contribution in [0.3, 0.4) is 0 Å². The largest absolute Gasteiger partial charge is 0.387 e. The van der Waals surface area contributed by atoms with Crippen molar-refractivity contribution >= 4 is 23.1 Å². The van der Waals surface area contributed by atoms with Crippen LogP contribution in [0.1, 0.15) is 32.5 Å². The Balaban J connectivity index is 1.46. The Hall–Kier alpha value is -4.04. The Kier molecular flexibility index (Phi) is 5.72. The van der Waals surface area contributed by atoms with Crippen molar-refractivity contribution in [2.75, 3.05) is 11.9 Å². The second-order valence-corrected chi connectivity index (χ2v) is 6.86. The second-order valence-electron chi connectivity index (χ2n) is 6.86. The van der Waals surface area contributed by atoms with Gasteiger partial charge < -0.3 is 15.7 Å². The van der Waals surface area contributed by atoms with Crippen LogP contribution in [0.5, 0.6) is 0 Å². The molecular formula is C23H19FN4O3. The Bertz CT molecular complexity index is 1240. The van der Waals surface area contributed by atoms with E-state index in [0.717, 1.165) is 6.07 Å². The maximum absolute atomic E-state index is 14.3. The Morgan fingerprint density at radius 3 is 2.61 bits per heavy atom. The van der Waals surface area contributed by atoms with Gasteiger partial charge in [-0.1, -0.05) is 36.4 Å². The van der Waals surface area contributed by atoms with E-state index in [0.29, 0.717) is 11.2 Å². The molecule has 156 valence electrons. The van der Waals surface area contributed by atoms with Crippen LogP contribution in [0.2, 0.25) is 0 Å². The minimum Gasteiger partial charge on any atom is -0.387 e. The van der Waals surface area contributed by atoms with Crippen molar-refractivity contribution in [2.45, 2.75) is 6.10 Å². The van der Waals surface area contributed by atoms with E-state index in [1.54, 1.807) is 53.1 Å².